The second-order valence-electron chi connectivity index (χ2n) is 7.91. The fraction of sp³-hybridized carbons (Fsp3) is 0.650. The molecule has 1 aliphatic carbocycles. The summed E-state index contributed by atoms with van der Waals surface area (Å²) in [5.74, 6) is -0.563. The number of likely N-dealkylation sites (tertiary alicyclic amines) is 1. The lowest BCUT2D eigenvalue weighted by Gasteiger charge is -2.44. The minimum absolute atomic E-state index is 0.0312. The standard InChI is InChI=1S/C20H27FN2O4S/c21-18-8-7-16(28(25,26)22-10-12-27-13-11-22)14-17(18)20(24)23-9-3-5-15-4-1-2-6-19(15)23/h7-8,14-15,19H,1-6,9-13H2/t15-,19+/m0/s1. The van der Waals surface area contributed by atoms with E-state index in [1.807, 2.05) is 0 Å². The summed E-state index contributed by atoms with van der Waals surface area (Å²) in [5, 5.41) is 0. The molecule has 6 nitrogen and oxygen atoms in total. The zero-order valence-corrected chi connectivity index (χ0v) is 16.8. The summed E-state index contributed by atoms with van der Waals surface area (Å²) in [6.45, 7) is 1.81. The predicted octanol–water partition coefficient (Wildman–Crippen LogP) is 2.64. The molecule has 2 atom stereocenters. The van der Waals surface area contributed by atoms with Gasteiger partial charge in [0.05, 0.1) is 23.7 Å². The molecule has 0 aromatic heterocycles. The van der Waals surface area contributed by atoms with Gasteiger partial charge in [-0.25, -0.2) is 12.8 Å². The van der Waals surface area contributed by atoms with Crippen molar-refractivity contribution >= 4 is 15.9 Å². The smallest absolute Gasteiger partial charge is 0.257 e. The number of nitrogens with zero attached hydrogens (tertiary/aromatic N) is 2. The second kappa shape index (κ2) is 8.08. The van der Waals surface area contributed by atoms with Crippen molar-refractivity contribution < 1.29 is 22.3 Å². The normalized spacial score (nSPS) is 26.7. The van der Waals surface area contributed by atoms with Crippen LogP contribution >= 0.6 is 0 Å². The Morgan fingerprint density at radius 1 is 1.04 bits per heavy atom. The van der Waals surface area contributed by atoms with Gasteiger partial charge >= 0.3 is 0 Å². The average Bonchev–Trinajstić information content (AvgIpc) is 2.73. The number of ether oxygens (including phenoxy) is 1. The number of fused-ring (bicyclic) bond motifs is 1. The molecule has 28 heavy (non-hydrogen) atoms. The highest BCUT2D eigenvalue weighted by Crippen LogP contribution is 2.36. The molecule has 0 unspecified atom stereocenters. The van der Waals surface area contributed by atoms with Crippen molar-refractivity contribution in [3.05, 3.63) is 29.6 Å². The second-order valence-corrected chi connectivity index (χ2v) is 9.85. The van der Waals surface area contributed by atoms with Crippen LogP contribution in [0, 0.1) is 11.7 Å². The van der Waals surface area contributed by atoms with Gasteiger partial charge in [-0.1, -0.05) is 12.8 Å². The SMILES string of the molecule is O=C(c1cc(S(=O)(=O)N2CCOCC2)ccc1F)N1CCC[C@@H]2CCCC[C@H]21. The number of halogens is 1. The molecule has 3 fully saturated rings. The Balaban J connectivity index is 1.62. The molecule has 3 aliphatic rings. The fourth-order valence-electron chi connectivity index (χ4n) is 4.80. The quantitative estimate of drug-likeness (QED) is 0.768. The maximum atomic E-state index is 14.6. The number of benzene rings is 1. The van der Waals surface area contributed by atoms with Gasteiger partial charge in [0.1, 0.15) is 5.82 Å². The summed E-state index contributed by atoms with van der Waals surface area (Å²) in [4.78, 5) is 14.9. The maximum Gasteiger partial charge on any atom is 0.257 e. The summed E-state index contributed by atoms with van der Waals surface area (Å²) < 4.78 is 46.9. The first-order valence-electron chi connectivity index (χ1n) is 10.2. The van der Waals surface area contributed by atoms with Crippen molar-refractivity contribution in [3.8, 4) is 0 Å². The first-order valence-corrected chi connectivity index (χ1v) is 11.6. The average molecular weight is 411 g/mol. The van der Waals surface area contributed by atoms with Crippen LogP contribution in [0.4, 0.5) is 4.39 Å². The summed E-state index contributed by atoms with van der Waals surface area (Å²) in [7, 11) is -3.77. The number of hydrogen-bond acceptors (Lipinski definition) is 4. The van der Waals surface area contributed by atoms with Gasteiger partial charge in [0.2, 0.25) is 10.0 Å². The molecular formula is C20H27FN2O4S. The molecule has 1 aromatic carbocycles. The Kier molecular flexibility index (Phi) is 5.71. The van der Waals surface area contributed by atoms with Crippen molar-refractivity contribution in [2.24, 2.45) is 5.92 Å². The molecule has 4 rings (SSSR count). The minimum atomic E-state index is -3.77. The van der Waals surface area contributed by atoms with Gasteiger partial charge in [-0.3, -0.25) is 4.79 Å². The van der Waals surface area contributed by atoms with Crippen LogP contribution < -0.4 is 0 Å². The molecule has 154 valence electrons. The monoisotopic (exact) mass is 410 g/mol. The number of rotatable bonds is 3. The van der Waals surface area contributed by atoms with Gasteiger partial charge in [-0.2, -0.15) is 4.31 Å². The van der Waals surface area contributed by atoms with Gasteiger partial charge in [-0.15, -0.1) is 0 Å². The lowest BCUT2D eigenvalue weighted by Crippen LogP contribution is -2.49. The minimum Gasteiger partial charge on any atom is -0.379 e. The first kappa shape index (κ1) is 19.8. The predicted molar refractivity (Wildman–Crippen MR) is 102 cm³/mol. The van der Waals surface area contributed by atoms with Gasteiger partial charge < -0.3 is 9.64 Å². The third-order valence-corrected chi connectivity index (χ3v) is 8.17. The number of piperidine rings is 1. The molecule has 1 amide bonds. The molecule has 2 aliphatic heterocycles. The molecule has 2 saturated heterocycles. The molecule has 0 bridgehead atoms. The third-order valence-electron chi connectivity index (χ3n) is 6.28. The van der Waals surface area contributed by atoms with Crippen molar-refractivity contribution in [3.63, 3.8) is 0 Å². The molecule has 8 heteroatoms. The van der Waals surface area contributed by atoms with Crippen LogP contribution in [0.25, 0.3) is 0 Å². The number of carbonyl (C=O) groups is 1. The van der Waals surface area contributed by atoms with Crippen LogP contribution in [0.2, 0.25) is 0 Å². The lowest BCUT2D eigenvalue weighted by atomic mass is 9.78. The van der Waals surface area contributed by atoms with Gasteiger partial charge in [0, 0.05) is 25.7 Å². The molecule has 1 saturated carbocycles. The summed E-state index contributed by atoms with van der Waals surface area (Å²) in [6, 6.07) is 3.71. The molecular weight excluding hydrogens is 383 g/mol. The van der Waals surface area contributed by atoms with Crippen molar-refractivity contribution in [1.82, 2.24) is 9.21 Å². The van der Waals surface area contributed by atoms with E-state index in [9.17, 15) is 17.6 Å². The van der Waals surface area contributed by atoms with E-state index in [2.05, 4.69) is 0 Å². The highest BCUT2D eigenvalue weighted by atomic mass is 32.2. The zero-order chi connectivity index (χ0) is 19.7. The number of amides is 1. The maximum absolute atomic E-state index is 14.6. The molecule has 1 aromatic rings. The topological polar surface area (TPSA) is 66.9 Å². The van der Waals surface area contributed by atoms with Crippen LogP contribution in [0.3, 0.4) is 0 Å². The lowest BCUT2D eigenvalue weighted by molar-refractivity contribution is 0.0386. The highest BCUT2D eigenvalue weighted by molar-refractivity contribution is 7.89. The largest absolute Gasteiger partial charge is 0.379 e. The highest BCUT2D eigenvalue weighted by Gasteiger charge is 2.37. The van der Waals surface area contributed by atoms with Gasteiger partial charge in [0.15, 0.2) is 0 Å². The van der Waals surface area contributed by atoms with E-state index in [1.165, 1.54) is 22.9 Å². The van der Waals surface area contributed by atoms with E-state index < -0.39 is 15.8 Å². The summed E-state index contributed by atoms with van der Waals surface area (Å²) in [6.07, 6.45) is 6.36. The van der Waals surface area contributed by atoms with E-state index in [-0.39, 0.29) is 35.5 Å². The number of carbonyl (C=O) groups excluding carboxylic acids is 1. The van der Waals surface area contributed by atoms with Crippen molar-refractivity contribution in [1.29, 1.82) is 0 Å². The Hall–Kier alpha value is -1.51. The Morgan fingerprint density at radius 2 is 1.75 bits per heavy atom. The van der Waals surface area contributed by atoms with E-state index >= 15 is 0 Å². The number of hydrogen-bond donors (Lipinski definition) is 0. The van der Waals surface area contributed by atoms with E-state index in [0.717, 1.165) is 38.2 Å². The third kappa shape index (κ3) is 3.69. The van der Waals surface area contributed by atoms with Crippen molar-refractivity contribution in [2.75, 3.05) is 32.8 Å². The fourth-order valence-corrected chi connectivity index (χ4v) is 6.23. The van der Waals surface area contributed by atoms with Crippen LogP contribution in [-0.2, 0) is 14.8 Å². The summed E-state index contributed by atoms with van der Waals surface area (Å²) in [5.41, 5.74) is -0.138. The zero-order valence-electron chi connectivity index (χ0n) is 16.0. The Labute approximate surface area is 165 Å². The molecule has 0 N–H and O–H groups in total. The Bertz CT molecular complexity index is 837. The van der Waals surface area contributed by atoms with Crippen LogP contribution in [0.1, 0.15) is 48.9 Å². The van der Waals surface area contributed by atoms with Gasteiger partial charge in [-0.05, 0) is 49.8 Å². The van der Waals surface area contributed by atoms with Crippen LogP contribution in [-0.4, -0.2) is 62.4 Å². The van der Waals surface area contributed by atoms with Gasteiger partial charge in [0.25, 0.3) is 5.91 Å². The van der Waals surface area contributed by atoms with Crippen molar-refractivity contribution in [2.45, 2.75) is 49.5 Å². The molecule has 0 radical (unpaired) electrons. The first-order chi connectivity index (χ1) is 13.5. The van der Waals surface area contributed by atoms with E-state index in [0.29, 0.717) is 25.7 Å². The Morgan fingerprint density at radius 3 is 2.54 bits per heavy atom. The number of morpholine rings is 1. The van der Waals surface area contributed by atoms with Crippen LogP contribution in [0.15, 0.2) is 23.1 Å². The van der Waals surface area contributed by atoms with Crippen LogP contribution in [0.5, 0.6) is 0 Å². The molecule has 2 heterocycles. The number of sulfonamides is 1. The van der Waals surface area contributed by atoms with E-state index in [4.69, 9.17) is 4.74 Å². The molecule has 0 spiro atoms. The summed E-state index contributed by atoms with van der Waals surface area (Å²) >= 11 is 0. The van der Waals surface area contributed by atoms with E-state index in [1.54, 1.807) is 4.90 Å².